The summed E-state index contributed by atoms with van der Waals surface area (Å²) >= 11 is 5.44. The number of carbonyl (C=O) groups excluding carboxylic acids is 6. The van der Waals surface area contributed by atoms with E-state index in [0.29, 0.717) is 37.9 Å². The minimum absolute atomic E-state index is 0.0984. The van der Waals surface area contributed by atoms with Gasteiger partial charge in [0.2, 0.25) is 17.7 Å². The lowest BCUT2D eigenvalue weighted by atomic mass is 9.89. The Bertz CT molecular complexity index is 1120. The minimum Gasteiger partial charge on any atom is -0.460 e. The molecular formula is C31H48ClN5O7. The van der Waals surface area contributed by atoms with Crippen molar-refractivity contribution in [1.82, 2.24) is 16.0 Å². The number of hydrogen-bond donors (Lipinski definition) is 5. The van der Waals surface area contributed by atoms with Crippen LogP contribution in [-0.2, 0) is 35.3 Å². The van der Waals surface area contributed by atoms with Gasteiger partial charge in [-0.25, -0.2) is 4.79 Å². The summed E-state index contributed by atoms with van der Waals surface area (Å²) in [6.45, 7) is 9.69. The van der Waals surface area contributed by atoms with Gasteiger partial charge in [0.25, 0.3) is 0 Å². The molecule has 0 spiro atoms. The van der Waals surface area contributed by atoms with Gasteiger partial charge in [-0.15, -0.1) is 11.6 Å². The molecule has 0 bridgehead atoms. The molecule has 44 heavy (non-hydrogen) atoms. The van der Waals surface area contributed by atoms with Crippen molar-refractivity contribution in [3.8, 4) is 0 Å². The van der Waals surface area contributed by atoms with Crippen LogP contribution in [0.25, 0.3) is 0 Å². The van der Waals surface area contributed by atoms with E-state index in [9.17, 15) is 28.8 Å². The van der Waals surface area contributed by atoms with Gasteiger partial charge in [-0.05, 0) is 70.1 Å². The van der Waals surface area contributed by atoms with E-state index in [1.807, 2.05) is 13.8 Å². The summed E-state index contributed by atoms with van der Waals surface area (Å²) in [5.74, 6) is -2.61. The van der Waals surface area contributed by atoms with Crippen molar-refractivity contribution in [1.29, 1.82) is 0 Å². The molecule has 5 amide bonds. The van der Waals surface area contributed by atoms with Crippen LogP contribution in [-0.4, -0.2) is 60.5 Å². The van der Waals surface area contributed by atoms with Crippen molar-refractivity contribution >= 4 is 52.8 Å². The van der Waals surface area contributed by atoms with Crippen LogP contribution >= 0.6 is 11.6 Å². The first-order chi connectivity index (χ1) is 20.6. The topological polar surface area (TPSA) is 186 Å². The molecule has 6 N–H and O–H groups in total. The molecule has 0 aliphatic carbocycles. The Morgan fingerprint density at radius 2 is 1.55 bits per heavy atom. The van der Waals surface area contributed by atoms with Crippen molar-refractivity contribution in [3.63, 3.8) is 0 Å². The van der Waals surface area contributed by atoms with Crippen molar-refractivity contribution in [2.24, 2.45) is 23.0 Å². The maximum atomic E-state index is 13.4. The SMILES string of the molecule is CC(C)[C@H](NC(=O)CCCCNC(=O)CCl)C(=O)C[C@@H](CCCNC(N)=O)C(=O)Nc1ccc(COC(=O)C(C)(C)C)cc1. The second kappa shape index (κ2) is 19.6. The molecule has 0 heterocycles. The van der Waals surface area contributed by atoms with Gasteiger partial charge < -0.3 is 31.7 Å². The predicted octanol–water partition coefficient (Wildman–Crippen LogP) is 3.40. The molecule has 0 saturated carbocycles. The largest absolute Gasteiger partial charge is 0.460 e. The highest BCUT2D eigenvalue weighted by molar-refractivity contribution is 6.27. The number of unbranched alkanes of at least 4 members (excludes halogenated alkanes) is 1. The van der Waals surface area contributed by atoms with Crippen LogP contribution in [0.1, 0.15) is 78.7 Å². The predicted molar refractivity (Wildman–Crippen MR) is 169 cm³/mol. The minimum atomic E-state index is -0.785. The Balaban J connectivity index is 2.83. The highest BCUT2D eigenvalue weighted by atomic mass is 35.5. The molecule has 2 atom stereocenters. The summed E-state index contributed by atoms with van der Waals surface area (Å²) in [6.07, 6.45) is 1.87. The van der Waals surface area contributed by atoms with Gasteiger partial charge in [0.15, 0.2) is 5.78 Å². The zero-order valence-electron chi connectivity index (χ0n) is 26.4. The molecule has 0 fully saturated rings. The van der Waals surface area contributed by atoms with E-state index in [1.54, 1.807) is 45.0 Å². The Hall–Kier alpha value is -3.67. The van der Waals surface area contributed by atoms with Gasteiger partial charge in [0.1, 0.15) is 12.5 Å². The van der Waals surface area contributed by atoms with E-state index in [1.165, 1.54) is 0 Å². The standard InChI is InChI=1S/C31H48ClN5O7/c1-20(2)27(37-25(39)10-6-7-15-34-26(40)18-32)24(38)17-22(9-8-16-35-30(33)43)28(41)36-23-13-11-21(12-14-23)19-44-29(42)31(3,4)5/h11-14,20,22,27H,6-10,15-19H2,1-5H3,(H,34,40)(H,36,41)(H,37,39)(H3,33,35,43)/t22-,27+/m1/s1. The number of nitrogens with two attached hydrogens (primary N) is 1. The van der Waals surface area contributed by atoms with Gasteiger partial charge in [-0.2, -0.15) is 0 Å². The summed E-state index contributed by atoms with van der Waals surface area (Å²) in [5, 5.41) is 10.8. The van der Waals surface area contributed by atoms with Gasteiger partial charge in [0, 0.05) is 37.5 Å². The van der Waals surface area contributed by atoms with Crippen LogP contribution in [0.4, 0.5) is 10.5 Å². The summed E-state index contributed by atoms with van der Waals surface area (Å²) in [5.41, 5.74) is 5.78. The number of halogens is 1. The number of ketones is 1. The number of nitrogens with one attached hydrogen (secondary N) is 4. The number of urea groups is 1. The zero-order valence-corrected chi connectivity index (χ0v) is 27.2. The molecule has 0 aromatic heterocycles. The second-order valence-corrected chi connectivity index (χ2v) is 12.3. The lowest BCUT2D eigenvalue weighted by Crippen LogP contribution is -2.45. The number of primary amides is 1. The Labute approximate surface area is 264 Å². The number of carbonyl (C=O) groups is 6. The smallest absolute Gasteiger partial charge is 0.312 e. The highest BCUT2D eigenvalue weighted by Gasteiger charge is 2.29. The van der Waals surface area contributed by atoms with Gasteiger partial charge in [-0.3, -0.25) is 24.0 Å². The third-order valence-corrected chi connectivity index (χ3v) is 6.90. The maximum absolute atomic E-state index is 13.4. The lowest BCUT2D eigenvalue weighted by Gasteiger charge is -2.24. The van der Waals surface area contributed by atoms with Crippen LogP contribution in [0.15, 0.2) is 24.3 Å². The van der Waals surface area contributed by atoms with Crippen molar-refractivity contribution < 1.29 is 33.5 Å². The zero-order chi connectivity index (χ0) is 33.3. The van der Waals surface area contributed by atoms with E-state index in [-0.39, 0.29) is 67.3 Å². The van der Waals surface area contributed by atoms with Crippen LogP contribution in [0.2, 0.25) is 0 Å². The average molecular weight is 638 g/mol. The number of ether oxygens (including phenoxy) is 1. The molecule has 0 saturated heterocycles. The number of amides is 5. The van der Waals surface area contributed by atoms with Crippen molar-refractivity contribution in [2.75, 3.05) is 24.3 Å². The van der Waals surface area contributed by atoms with E-state index >= 15 is 0 Å². The Morgan fingerprint density at radius 3 is 2.11 bits per heavy atom. The summed E-state index contributed by atoms with van der Waals surface area (Å²) in [4.78, 5) is 73.6. The molecule has 0 aliphatic rings. The van der Waals surface area contributed by atoms with Gasteiger partial charge >= 0.3 is 12.0 Å². The first-order valence-electron chi connectivity index (χ1n) is 14.9. The molecule has 0 unspecified atom stereocenters. The molecule has 246 valence electrons. The number of rotatable bonds is 19. The number of hydrogen-bond acceptors (Lipinski definition) is 7. The monoisotopic (exact) mass is 637 g/mol. The van der Waals surface area contributed by atoms with Crippen LogP contribution in [0.3, 0.4) is 0 Å². The third-order valence-electron chi connectivity index (χ3n) is 6.65. The molecule has 0 aliphatic heterocycles. The Morgan fingerprint density at radius 1 is 0.909 bits per heavy atom. The van der Waals surface area contributed by atoms with E-state index in [4.69, 9.17) is 22.1 Å². The summed E-state index contributed by atoms with van der Waals surface area (Å²) in [6, 6.07) is 5.37. The van der Waals surface area contributed by atoms with Gasteiger partial charge in [0.05, 0.1) is 11.5 Å². The van der Waals surface area contributed by atoms with Gasteiger partial charge in [-0.1, -0.05) is 26.0 Å². The first kappa shape index (κ1) is 38.4. The first-order valence-corrected chi connectivity index (χ1v) is 15.4. The quantitative estimate of drug-likeness (QED) is 0.0873. The normalized spacial score (nSPS) is 12.5. The number of Topliss-reactive ketones (excluding diaryl/α,β-unsaturated/α-hetero) is 1. The maximum Gasteiger partial charge on any atom is 0.312 e. The van der Waals surface area contributed by atoms with Crippen LogP contribution in [0.5, 0.6) is 0 Å². The molecule has 1 aromatic rings. The summed E-state index contributed by atoms with van der Waals surface area (Å²) < 4.78 is 5.33. The van der Waals surface area contributed by atoms with E-state index in [2.05, 4.69) is 21.3 Å². The third kappa shape index (κ3) is 15.7. The molecular weight excluding hydrogens is 590 g/mol. The highest BCUT2D eigenvalue weighted by Crippen LogP contribution is 2.20. The summed E-state index contributed by atoms with van der Waals surface area (Å²) in [7, 11) is 0. The van der Waals surface area contributed by atoms with E-state index < -0.39 is 23.4 Å². The molecule has 1 rings (SSSR count). The van der Waals surface area contributed by atoms with Crippen molar-refractivity contribution in [2.45, 2.75) is 85.8 Å². The second-order valence-electron chi connectivity index (χ2n) is 12.0. The van der Waals surface area contributed by atoms with E-state index in [0.717, 1.165) is 5.56 Å². The number of benzene rings is 1. The average Bonchev–Trinajstić information content (AvgIpc) is 2.95. The molecule has 0 radical (unpaired) electrons. The number of anilines is 1. The fraction of sp³-hybridized carbons (Fsp3) is 0.613. The number of esters is 1. The van der Waals surface area contributed by atoms with Crippen LogP contribution in [0, 0.1) is 17.3 Å². The molecule has 1 aromatic carbocycles. The molecule has 13 heteroatoms. The number of alkyl halides is 1. The fourth-order valence-electron chi connectivity index (χ4n) is 4.10. The van der Waals surface area contributed by atoms with Crippen molar-refractivity contribution in [3.05, 3.63) is 29.8 Å². The Kier molecular flexibility index (Phi) is 17.1. The lowest BCUT2D eigenvalue weighted by molar-refractivity contribution is -0.154. The fourth-order valence-corrected chi connectivity index (χ4v) is 4.19. The van der Waals surface area contributed by atoms with Crippen LogP contribution < -0.4 is 27.0 Å². The molecule has 12 nitrogen and oxygen atoms in total.